The molecule has 0 unspecified atom stereocenters. The second-order valence-corrected chi connectivity index (χ2v) is 4.53. The molecule has 6 nitrogen and oxygen atoms in total. The van der Waals surface area contributed by atoms with Gasteiger partial charge in [-0.1, -0.05) is 24.3 Å². The number of hydrogen-bond donors (Lipinski definition) is 1. The van der Waals surface area contributed by atoms with Crippen LogP contribution in [-0.4, -0.2) is 18.1 Å². The Morgan fingerprint density at radius 3 is 2.58 bits per heavy atom. The third-order valence-electron chi connectivity index (χ3n) is 2.58. The summed E-state index contributed by atoms with van der Waals surface area (Å²) in [5, 5.41) is 14.8. The molecule has 0 aliphatic rings. The van der Waals surface area contributed by atoms with E-state index in [-0.39, 0.29) is 11.4 Å². The fourth-order valence-corrected chi connectivity index (χ4v) is 2.31. The molecular weight excluding hydrogens is 316 g/mol. The standard InChI is InChI=1S/C12H9BrN2O4/c1-19-12(16)14-11-8-5-3-2-4-7(8)9(13)6-10(11)15(17)18/h2-6H,1H3,(H,14,16). The Bertz CT molecular complexity index is 672. The maximum absolute atomic E-state index is 11.3. The number of rotatable bonds is 2. The van der Waals surface area contributed by atoms with E-state index in [9.17, 15) is 14.9 Å². The summed E-state index contributed by atoms with van der Waals surface area (Å²) < 4.78 is 5.07. The summed E-state index contributed by atoms with van der Waals surface area (Å²) in [4.78, 5) is 21.8. The number of carbonyl (C=O) groups excluding carboxylic acids is 1. The molecule has 1 amide bonds. The first kappa shape index (κ1) is 13.3. The van der Waals surface area contributed by atoms with Crippen LogP contribution in [0.5, 0.6) is 0 Å². The lowest BCUT2D eigenvalue weighted by atomic mass is 10.1. The first-order valence-electron chi connectivity index (χ1n) is 5.25. The highest BCUT2D eigenvalue weighted by molar-refractivity contribution is 9.10. The summed E-state index contributed by atoms with van der Waals surface area (Å²) in [7, 11) is 1.20. The zero-order chi connectivity index (χ0) is 14.0. The van der Waals surface area contributed by atoms with Gasteiger partial charge in [0.25, 0.3) is 5.69 Å². The van der Waals surface area contributed by atoms with Crippen molar-refractivity contribution < 1.29 is 14.5 Å². The fourth-order valence-electron chi connectivity index (χ4n) is 1.75. The number of amides is 1. The Balaban J connectivity index is 2.75. The minimum atomic E-state index is -0.754. The number of fused-ring (bicyclic) bond motifs is 1. The summed E-state index contributed by atoms with van der Waals surface area (Å²) in [6, 6.07) is 8.39. The predicted molar refractivity (Wildman–Crippen MR) is 74.3 cm³/mol. The van der Waals surface area contributed by atoms with E-state index in [4.69, 9.17) is 0 Å². The normalized spacial score (nSPS) is 10.2. The van der Waals surface area contributed by atoms with E-state index in [1.807, 2.05) is 0 Å². The van der Waals surface area contributed by atoms with Gasteiger partial charge < -0.3 is 4.74 Å². The van der Waals surface area contributed by atoms with Crippen molar-refractivity contribution >= 4 is 44.2 Å². The summed E-state index contributed by atoms with van der Waals surface area (Å²) in [6.07, 6.45) is -0.754. The van der Waals surface area contributed by atoms with Gasteiger partial charge in [-0.3, -0.25) is 15.4 Å². The van der Waals surface area contributed by atoms with Crippen LogP contribution in [-0.2, 0) is 4.74 Å². The van der Waals surface area contributed by atoms with Crippen molar-refractivity contribution in [2.75, 3.05) is 12.4 Å². The number of methoxy groups -OCH3 is 1. The van der Waals surface area contributed by atoms with Crippen LogP contribution in [0.3, 0.4) is 0 Å². The number of carbonyl (C=O) groups is 1. The molecule has 2 aromatic rings. The molecule has 2 aromatic carbocycles. The van der Waals surface area contributed by atoms with E-state index >= 15 is 0 Å². The van der Waals surface area contributed by atoms with E-state index in [2.05, 4.69) is 26.0 Å². The number of ether oxygens (including phenoxy) is 1. The van der Waals surface area contributed by atoms with Gasteiger partial charge in [-0.2, -0.15) is 0 Å². The Labute approximate surface area is 116 Å². The van der Waals surface area contributed by atoms with Gasteiger partial charge in [-0.15, -0.1) is 0 Å². The molecular formula is C12H9BrN2O4. The molecule has 0 fully saturated rings. The second-order valence-electron chi connectivity index (χ2n) is 3.67. The van der Waals surface area contributed by atoms with E-state index < -0.39 is 11.0 Å². The van der Waals surface area contributed by atoms with Crippen LogP contribution in [0.15, 0.2) is 34.8 Å². The van der Waals surface area contributed by atoms with E-state index in [1.54, 1.807) is 24.3 Å². The zero-order valence-corrected chi connectivity index (χ0v) is 11.4. The van der Waals surface area contributed by atoms with Crippen LogP contribution in [0, 0.1) is 10.1 Å². The molecule has 0 aliphatic carbocycles. The number of halogens is 1. The molecule has 19 heavy (non-hydrogen) atoms. The molecule has 0 saturated heterocycles. The van der Waals surface area contributed by atoms with Gasteiger partial charge in [-0.25, -0.2) is 4.79 Å². The smallest absolute Gasteiger partial charge is 0.411 e. The minimum absolute atomic E-state index is 0.121. The van der Waals surface area contributed by atoms with Crippen LogP contribution in [0.2, 0.25) is 0 Å². The third-order valence-corrected chi connectivity index (χ3v) is 3.24. The van der Waals surface area contributed by atoms with Crippen molar-refractivity contribution in [3.63, 3.8) is 0 Å². The molecule has 0 aromatic heterocycles. The molecule has 0 aliphatic heterocycles. The maximum atomic E-state index is 11.3. The highest BCUT2D eigenvalue weighted by Crippen LogP contribution is 2.38. The molecule has 0 saturated carbocycles. The van der Waals surface area contributed by atoms with Crippen molar-refractivity contribution in [3.8, 4) is 0 Å². The first-order valence-corrected chi connectivity index (χ1v) is 6.04. The minimum Gasteiger partial charge on any atom is -0.453 e. The van der Waals surface area contributed by atoms with Crippen LogP contribution in [0.4, 0.5) is 16.2 Å². The van der Waals surface area contributed by atoms with Gasteiger partial charge in [-0.05, 0) is 21.3 Å². The number of benzene rings is 2. The van der Waals surface area contributed by atoms with Crippen molar-refractivity contribution in [3.05, 3.63) is 44.9 Å². The van der Waals surface area contributed by atoms with Gasteiger partial charge in [0.1, 0.15) is 5.69 Å². The number of nitro benzene ring substituents is 1. The van der Waals surface area contributed by atoms with Gasteiger partial charge in [0.15, 0.2) is 0 Å². The maximum Gasteiger partial charge on any atom is 0.411 e. The van der Waals surface area contributed by atoms with E-state index in [0.29, 0.717) is 9.86 Å². The third kappa shape index (κ3) is 2.50. The lowest BCUT2D eigenvalue weighted by Crippen LogP contribution is -2.12. The topological polar surface area (TPSA) is 81.5 Å². The molecule has 0 spiro atoms. The number of nitrogens with zero attached hydrogens (tertiary/aromatic N) is 1. The van der Waals surface area contributed by atoms with Crippen LogP contribution < -0.4 is 5.32 Å². The summed E-state index contributed by atoms with van der Waals surface area (Å²) >= 11 is 3.29. The molecule has 2 rings (SSSR count). The second kappa shape index (κ2) is 5.23. The van der Waals surface area contributed by atoms with Gasteiger partial charge in [0, 0.05) is 15.9 Å². The van der Waals surface area contributed by atoms with Crippen LogP contribution in [0.1, 0.15) is 0 Å². The average Bonchev–Trinajstić information content (AvgIpc) is 2.41. The van der Waals surface area contributed by atoms with Crippen molar-refractivity contribution in [1.29, 1.82) is 0 Å². The van der Waals surface area contributed by atoms with Gasteiger partial charge in [0.2, 0.25) is 0 Å². The SMILES string of the molecule is COC(=O)Nc1c([N+](=O)[O-])cc(Br)c2ccccc12. The molecule has 1 N–H and O–H groups in total. The lowest BCUT2D eigenvalue weighted by Gasteiger charge is -2.09. The summed E-state index contributed by atoms with van der Waals surface area (Å²) in [5.41, 5.74) is -0.0772. The summed E-state index contributed by atoms with van der Waals surface area (Å²) in [5.74, 6) is 0. The Morgan fingerprint density at radius 2 is 2.00 bits per heavy atom. The molecule has 7 heteroatoms. The van der Waals surface area contributed by atoms with Crippen LogP contribution in [0.25, 0.3) is 10.8 Å². The molecule has 0 atom stereocenters. The fraction of sp³-hybridized carbons (Fsp3) is 0.0833. The highest BCUT2D eigenvalue weighted by atomic mass is 79.9. The molecule has 98 valence electrons. The number of nitro groups is 1. The molecule has 0 radical (unpaired) electrons. The molecule has 0 bridgehead atoms. The Hall–Kier alpha value is -2.15. The zero-order valence-electron chi connectivity index (χ0n) is 9.84. The highest BCUT2D eigenvalue weighted by Gasteiger charge is 2.21. The summed E-state index contributed by atoms with van der Waals surface area (Å²) in [6.45, 7) is 0. The Morgan fingerprint density at radius 1 is 1.37 bits per heavy atom. The quantitative estimate of drug-likeness (QED) is 0.674. The number of anilines is 1. The van der Waals surface area contributed by atoms with Gasteiger partial charge >= 0.3 is 6.09 Å². The monoisotopic (exact) mass is 324 g/mol. The average molecular weight is 325 g/mol. The number of hydrogen-bond acceptors (Lipinski definition) is 4. The van der Waals surface area contributed by atoms with Crippen molar-refractivity contribution in [2.24, 2.45) is 0 Å². The van der Waals surface area contributed by atoms with Gasteiger partial charge in [0.05, 0.1) is 12.0 Å². The first-order chi connectivity index (χ1) is 9.04. The van der Waals surface area contributed by atoms with Crippen molar-refractivity contribution in [1.82, 2.24) is 0 Å². The predicted octanol–water partition coefficient (Wildman–Crippen LogP) is 3.69. The van der Waals surface area contributed by atoms with Crippen LogP contribution >= 0.6 is 15.9 Å². The number of nitrogens with one attached hydrogen (secondary N) is 1. The van der Waals surface area contributed by atoms with Crippen molar-refractivity contribution in [2.45, 2.75) is 0 Å². The van der Waals surface area contributed by atoms with E-state index in [0.717, 1.165) is 5.39 Å². The largest absolute Gasteiger partial charge is 0.453 e. The Kier molecular flexibility index (Phi) is 3.66. The molecule has 0 heterocycles. The lowest BCUT2D eigenvalue weighted by molar-refractivity contribution is -0.383. The van der Waals surface area contributed by atoms with E-state index in [1.165, 1.54) is 13.2 Å².